The minimum atomic E-state index is 1.01. The van der Waals surface area contributed by atoms with Gasteiger partial charge in [0.05, 0.1) is 5.69 Å². The average molecular weight is 180 g/mol. The Balaban J connectivity index is 0.000000396. The van der Waals surface area contributed by atoms with Gasteiger partial charge in [0, 0.05) is 12.2 Å². The SMILES string of the molecule is CC.CCn1nc2c(c1C)CCC2. The molecule has 2 nitrogen and oxygen atoms in total. The predicted molar refractivity (Wildman–Crippen MR) is 56.0 cm³/mol. The highest BCUT2D eigenvalue weighted by Crippen LogP contribution is 2.23. The Morgan fingerprint density at radius 2 is 2.00 bits per heavy atom. The summed E-state index contributed by atoms with van der Waals surface area (Å²) >= 11 is 0. The van der Waals surface area contributed by atoms with Crippen LogP contribution in [0.2, 0.25) is 0 Å². The van der Waals surface area contributed by atoms with E-state index in [1.54, 1.807) is 0 Å². The van der Waals surface area contributed by atoms with E-state index in [-0.39, 0.29) is 0 Å². The molecule has 0 saturated carbocycles. The van der Waals surface area contributed by atoms with Gasteiger partial charge in [0.2, 0.25) is 0 Å². The summed E-state index contributed by atoms with van der Waals surface area (Å²) in [6.07, 6.45) is 3.76. The fourth-order valence-corrected chi connectivity index (χ4v) is 1.91. The molecule has 0 amide bonds. The van der Waals surface area contributed by atoms with E-state index in [4.69, 9.17) is 0 Å². The highest BCUT2D eigenvalue weighted by atomic mass is 15.3. The van der Waals surface area contributed by atoms with E-state index >= 15 is 0 Å². The maximum Gasteiger partial charge on any atom is 0.0659 e. The second-order valence-corrected chi connectivity index (χ2v) is 3.18. The fraction of sp³-hybridized carbons (Fsp3) is 0.727. The van der Waals surface area contributed by atoms with Gasteiger partial charge in [-0.15, -0.1) is 0 Å². The predicted octanol–water partition coefficient (Wildman–Crippen LogP) is 2.73. The fourth-order valence-electron chi connectivity index (χ4n) is 1.91. The third-order valence-electron chi connectivity index (χ3n) is 2.55. The van der Waals surface area contributed by atoms with Crippen LogP contribution < -0.4 is 0 Å². The van der Waals surface area contributed by atoms with Crippen molar-refractivity contribution in [1.82, 2.24) is 9.78 Å². The molecule has 0 aliphatic heterocycles. The second kappa shape index (κ2) is 4.45. The highest BCUT2D eigenvalue weighted by Gasteiger charge is 2.18. The van der Waals surface area contributed by atoms with Crippen LogP contribution in [-0.4, -0.2) is 9.78 Å². The number of rotatable bonds is 1. The van der Waals surface area contributed by atoms with E-state index < -0.39 is 0 Å². The third kappa shape index (κ3) is 1.77. The first-order chi connectivity index (χ1) is 6.33. The van der Waals surface area contributed by atoms with Crippen LogP contribution in [0.3, 0.4) is 0 Å². The maximum atomic E-state index is 4.53. The molecule has 2 heteroatoms. The maximum absolute atomic E-state index is 4.53. The summed E-state index contributed by atoms with van der Waals surface area (Å²) in [6, 6.07) is 0. The zero-order valence-electron chi connectivity index (χ0n) is 9.22. The number of fused-ring (bicyclic) bond motifs is 1. The lowest BCUT2D eigenvalue weighted by Crippen LogP contribution is -2.00. The van der Waals surface area contributed by atoms with E-state index in [0.717, 1.165) is 6.54 Å². The molecule has 74 valence electrons. The summed E-state index contributed by atoms with van der Waals surface area (Å²) in [6.45, 7) is 9.34. The van der Waals surface area contributed by atoms with Crippen molar-refractivity contribution in [3.05, 3.63) is 17.0 Å². The first-order valence-electron chi connectivity index (χ1n) is 5.38. The van der Waals surface area contributed by atoms with Gasteiger partial charge in [-0.25, -0.2) is 0 Å². The van der Waals surface area contributed by atoms with E-state index in [1.165, 1.54) is 36.2 Å². The summed E-state index contributed by atoms with van der Waals surface area (Å²) in [5, 5.41) is 4.53. The third-order valence-corrected chi connectivity index (χ3v) is 2.55. The molecule has 0 atom stereocenters. The average Bonchev–Trinajstić information content (AvgIpc) is 2.73. The number of hydrogen-bond donors (Lipinski definition) is 0. The summed E-state index contributed by atoms with van der Waals surface area (Å²) in [5.41, 5.74) is 4.26. The molecule has 0 aromatic carbocycles. The van der Waals surface area contributed by atoms with Crippen LogP contribution in [0.4, 0.5) is 0 Å². The van der Waals surface area contributed by atoms with Gasteiger partial charge in [0.1, 0.15) is 0 Å². The summed E-state index contributed by atoms with van der Waals surface area (Å²) in [5.74, 6) is 0. The molecule has 2 rings (SSSR count). The largest absolute Gasteiger partial charge is 0.270 e. The Hall–Kier alpha value is -0.790. The van der Waals surface area contributed by atoms with Crippen molar-refractivity contribution in [2.45, 2.75) is 53.5 Å². The topological polar surface area (TPSA) is 17.8 Å². The Morgan fingerprint density at radius 1 is 1.31 bits per heavy atom. The Kier molecular flexibility index (Phi) is 3.52. The van der Waals surface area contributed by atoms with Gasteiger partial charge in [0.25, 0.3) is 0 Å². The van der Waals surface area contributed by atoms with Gasteiger partial charge >= 0.3 is 0 Å². The van der Waals surface area contributed by atoms with Crippen molar-refractivity contribution in [1.29, 1.82) is 0 Å². The molecular formula is C11H20N2. The summed E-state index contributed by atoms with van der Waals surface area (Å²) < 4.78 is 2.11. The smallest absolute Gasteiger partial charge is 0.0659 e. The molecule has 0 spiro atoms. The molecular weight excluding hydrogens is 160 g/mol. The molecule has 1 aromatic rings. The van der Waals surface area contributed by atoms with E-state index in [0.29, 0.717) is 0 Å². The summed E-state index contributed by atoms with van der Waals surface area (Å²) in [4.78, 5) is 0. The van der Waals surface area contributed by atoms with Crippen molar-refractivity contribution in [2.24, 2.45) is 0 Å². The second-order valence-electron chi connectivity index (χ2n) is 3.18. The molecule has 0 N–H and O–H groups in total. The quantitative estimate of drug-likeness (QED) is 0.649. The molecule has 13 heavy (non-hydrogen) atoms. The van der Waals surface area contributed by atoms with Crippen molar-refractivity contribution >= 4 is 0 Å². The van der Waals surface area contributed by atoms with Crippen LogP contribution in [0.25, 0.3) is 0 Å². The molecule has 0 radical (unpaired) electrons. The Bertz CT molecular complexity index is 273. The van der Waals surface area contributed by atoms with Crippen molar-refractivity contribution in [3.8, 4) is 0 Å². The molecule has 0 saturated heterocycles. The molecule has 1 heterocycles. The zero-order valence-corrected chi connectivity index (χ0v) is 9.22. The first-order valence-corrected chi connectivity index (χ1v) is 5.38. The van der Waals surface area contributed by atoms with E-state index in [1.807, 2.05) is 13.8 Å². The van der Waals surface area contributed by atoms with Gasteiger partial charge in [-0.05, 0) is 38.7 Å². The molecule has 1 aromatic heterocycles. The minimum absolute atomic E-state index is 1.01. The molecule has 0 fully saturated rings. The number of aryl methyl sites for hydroxylation is 2. The van der Waals surface area contributed by atoms with E-state index in [9.17, 15) is 0 Å². The van der Waals surface area contributed by atoms with Crippen molar-refractivity contribution in [2.75, 3.05) is 0 Å². The van der Waals surface area contributed by atoms with Gasteiger partial charge in [-0.2, -0.15) is 5.10 Å². The minimum Gasteiger partial charge on any atom is -0.270 e. The molecule has 0 bridgehead atoms. The Labute approximate surface area is 81.0 Å². The van der Waals surface area contributed by atoms with E-state index in [2.05, 4.69) is 23.6 Å². The lowest BCUT2D eigenvalue weighted by molar-refractivity contribution is 0.621. The van der Waals surface area contributed by atoms with Crippen molar-refractivity contribution < 1.29 is 0 Å². The normalized spacial score (nSPS) is 13.5. The van der Waals surface area contributed by atoms with Gasteiger partial charge < -0.3 is 0 Å². The molecule has 1 aliphatic rings. The van der Waals surface area contributed by atoms with Crippen LogP contribution in [0.5, 0.6) is 0 Å². The van der Waals surface area contributed by atoms with Crippen LogP contribution in [-0.2, 0) is 19.4 Å². The molecule has 0 unspecified atom stereocenters. The lowest BCUT2D eigenvalue weighted by Gasteiger charge is -1.99. The standard InChI is InChI=1S/C9H14N2.C2H6/c1-3-11-7(2)8-5-4-6-9(8)10-11;1-2/h3-6H2,1-2H3;1-2H3. The van der Waals surface area contributed by atoms with Gasteiger partial charge in [0.15, 0.2) is 0 Å². The van der Waals surface area contributed by atoms with Crippen LogP contribution in [0, 0.1) is 6.92 Å². The highest BCUT2D eigenvalue weighted by molar-refractivity contribution is 5.29. The van der Waals surface area contributed by atoms with Gasteiger partial charge in [-0.1, -0.05) is 13.8 Å². The first kappa shape index (κ1) is 10.3. The monoisotopic (exact) mass is 180 g/mol. The number of hydrogen-bond acceptors (Lipinski definition) is 1. The number of nitrogens with zero attached hydrogens (tertiary/aromatic N) is 2. The zero-order chi connectivity index (χ0) is 9.84. The van der Waals surface area contributed by atoms with Crippen LogP contribution >= 0.6 is 0 Å². The molecule has 1 aliphatic carbocycles. The van der Waals surface area contributed by atoms with Crippen LogP contribution in [0.15, 0.2) is 0 Å². The Morgan fingerprint density at radius 3 is 2.54 bits per heavy atom. The lowest BCUT2D eigenvalue weighted by atomic mass is 10.2. The number of aromatic nitrogens is 2. The van der Waals surface area contributed by atoms with Crippen LogP contribution in [0.1, 0.15) is 44.1 Å². The van der Waals surface area contributed by atoms with Gasteiger partial charge in [-0.3, -0.25) is 4.68 Å². The van der Waals surface area contributed by atoms with Crippen molar-refractivity contribution in [3.63, 3.8) is 0 Å². The summed E-state index contributed by atoms with van der Waals surface area (Å²) in [7, 11) is 0.